The number of aromatic hydroxyl groups is 2. The summed E-state index contributed by atoms with van der Waals surface area (Å²) in [7, 11) is 0. The van der Waals surface area contributed by atoms with Crippen molar-refractivity contribution in [1.29, 1.82) is 0 Å². The van der Waals surface area contributed by atoms with Crippen LogP contribution in [0.2, 0.25) is 0 Å². The van der Waals surface area contributed by atoms with Crippen LogP contribution in [-0.4, -0.2) is 14.6 Å². The standard InChI is InChI=1S/C9H11IO2/c10-6-2-4-7-3-1-5-8(11)9(7)12/h1,3,5,11-12H,2,4,6H2. The third-order valence-electron chi connectivity index (χ3n) is 1.68. The van der Waals surface area contributed by atoms with Crippen LogP contribution in [0.1, 0.15) is 12.0 Å². The minimum atomic E-state index is -0.0269. The summed E-state index contributed by atoms with van der Waals surface area (Å²) in [5.41, 5.74) is 0.826. The summed E-state index contributed by atoms with van der Waals surface area (Å²) >= 11 is 2.29. The van der Waals surface area contributed by atoms with E-state index in [1.807, 2.05) is 6.07 Å². The molecule has 12 heavy (non-hydrogen) atoms. The molecule has 0 saturated carbocycles. The molecule has 0 radical (unpaired) electrons. The van der Waals surface area contributed by atoms with E-state index in [4.69, 9.17) is 5.11 Å². The molecule has 1 rings (SSSR count). The third-order valence-corrected chi connectivity index (χ3v) is 2.44. The summed E-state index contributed by atoms with van der Waals surface area (Å²) in [6.45, 7) is 0. The second-order valence-electron chi connectivity index (χ2n) is 2.58. The summed E-state index contributed by atoms with van der Waals surface area (Å²) in [5, 5.41) is 18.5. The van der Waals surface area contributed by atoms with E-state index in [0.29, 0.717) is 0 Å². The molecule has 0 fully saturated rings. The van der Waals surface area contributed by atoms with E-state index in [9.17, 15) is 5.11 Å². The number of hydrogen-bond acceptors (Lipinski definition) is 2. The van der Waals surface area contributed by atoms with Crippen LogP contribution in [0.3, 0.4) is 0 Å². The van der Waals surface area contributed by atoms with Gasteiger partial charge in [-0.05, 0) is 28.9 Å². The Kier molecular flexibility index (Phi) is 3.65. The van der Waals surface area contributed by atoms with Gasteiger partial charge in [-0.15, -0.1) is 0 Å². The molecule has 0 aliphatic heterocycles. The molecular weight excluding hydrogens is 267 g/mol. The van der Waals surface area contributed by atoms with E-state index in [1.54, 1.807) is 6.07 Å². The van der Waals surface area contributed by atoms with Crippen molar-refractivity contribution >= 4 is 22.6 Å². The number of aryl methyl sites for hydroxylation is 1. The molecule has 0 atom stereocenters. The van der Waals surface area contributed by atoms with Crippen LogP contribution in [0.5, 0.6) is 11.5 Å². The van der Waals surface area contributed by atoms with Gasteiger partial charge in [0.1, 0.15) is 0 Å². The Bertz CT molecular complexity index is 261. The highest BCUT2D eigenvalue weighted by Gasteiger charge is 2.03. The first kappa shape index (κ1) is 9.64. The van der Waals surface area contributed by atoms with Crippen LogP contribution in [0, 0.1) is 0 Å². The van der Waals surface area contributed by atoms with Crippen molar-refractivity contribution in [3.05, 3.63) is 23.8 Å². The van der Waals surface area contributed by atoms with Gasteiger partial charge < -0.3 is 10.2 Å². The van der Waals surface area contributed by atoms with Crippen molar-refractivity contribution in [1.82, 2.24) is 0 Å². The maximum Gasteiger partial charge on any atom is 0.160 e. The maximum absolute atomic E-state index is 9.37. The van der Waals surface area contributed by atoms with Gasteiger partial charge in [0.15, 0.2) is 11.5 Å². The molecule has 0 amide bonds. The monoisotopic (exact) mass is 278 g/mol. The number of para-hydroxylation sites is 1. The predicted octanol–water partition coefficient (Wildman–Crippen LogP) is 2.47. The zero-order chi connectivity index (χ0) is 8.97. The van der Waals surface area contributed by atoms with Crippen LogP contribution in [0.15, 0.2) is 18.2 Å². The van der Waals surface area contributed by atoms with E-state index < -0.39 is 0 Å². The van der Waals surface area contributed by atoms with Gasteiger partial charge >= 0.3 is 0 Å². The van der Waals surface area contributed by atoms with Gasteiger partial charge in [0, 0.05) is 0 Å². The molecule has 0 spiro atoms. The van der Waals surface area contributed by atoms with Crippen molar-refractivity contribution in [2.75, 3.05) is 4.43 Å². The van der Waals surface area contributed by atoms with Gasteiger partial charge in [0.25, 0.3) is 0 Å². The summed E-state index contributed by atoms with van der Waals surface area (Å²) in [6.07, 6.45) is 1.85. The number of phenols is 2. The minimum absolute atomic E-state index is 0.0269. The second kappa shape index (κ2) is 4.54. The fourth-order valence-corrected chi connectivity index (χ4v) is 1.42. The van der Waals surface area contributed by atoms with E-state index in [0.717, 1.165) is 22.8 Å². The van der Waals surface area contributed by atoms with E-state index in [2.05, 4.69) is 22.6 Å². The van der Waals surface area contributed by atoms with E-state index >= 15 is 0 Å². The molecule has 0 aromatic heterocycles. The Morgan fingerprint density at radius 1 is 1.25 bits per heavy atom. The lowest BCUT2D eigenvalue weighted by Gasteiger charge is -2.03. The molecular formula is C9H11IO2. The Labute approximate surface area is 85.4 Å². The van der Waals surface area contributed by atoms with Crippen LogP contribution in [0.4, 0.5) is 0 Å². The fraction of sp³-hybridized carbons (Fsp3) is 0.333. The highest BCUT2D eigenvalue weighted by Crippen LogP contribution is 2.28. The van der Waals surface area contributed by atoms with E-state index in [1.165, 1.54) is 6.07 Å². The van der Waals surface area contributed by atoms with Gasteiger partial charge in [-0.25, -0.2) is 0 Å². The molecule has 3 heteroatoms. The fourth-order valence-electron chi connectivity index (χ4n) is 1.04. The molecule has 0 heterocycles. The van der Waals surface area contributed by atoms with E-state index in [-0.39, 0.29) is 11.5 Å². The van der Waals surface area contributed by atoms with Crippen molar-refractivity contribution < 1.29 is 10.2 Å². The summed E-state index contributed by atoms with van der Waals surface area (Å²) < 4.78 is 1.06. The van der Waals surface area contributed by atoms with Crippen LogP contribution in [0.25, 0.3) is 0 Å². The summed E-state index contributed by atoms with van der Waals surface area (Å²) in [4.78, 5) is 0. The number of halogens is 1. The van der Waals surface area contributed by atoms with Crippen molar-refractivity contribution in [2.45, 2.75) is 12.8 Å². The zero-order valence-corrected chi connectivity index (χ0v) is 8.78. The van der Waals surface area contributed by atoms with Gasteiger partial charge in [0.2, 0.25) is 0 Å². The topological polar surface area (TPSA) is 40.5 Å². The molecule has 0 bridgehead atoms. The first-order valence-electron chi connectivity index (χ1n) is 3.81. The smallest absolute Gasteiger partial charge is 0.160 e. The summed E-state index contributed by atoms with van der Waals surface area (Å²) in [5.74, 6) is 0.00306. The van der Waals surface area contributed by atoms with Gasteiger partial charge in [-0.2, -0.15) is 0 Å². The molecule has 0 aliphatic rings. The quantitative estimate of drug-likeness (QED) is 0.506. The average Bonchev–Trinajstić information content (AvgIpc) is 2.08. The lowest BCUT2D eigenvalue weighted by molar-refractivity contribution is 0.399. The number of benzene rings is 1. The molecule has 2 nitrogen and oxygen atoms in total. The number of rotatable bonds is 3. The van der Waals surface area contributed by atoms with Crippen LogP contribution >= 0.6 is 22.6 Å². The first-order chi connectivity index (χ1) is 5.75. The minimum Gasteiger partial charge on any atom is -0.504 e. The number of phenolic OH excluding ortho intramolecular Hbond substituents is 2. The normalized spacial score (nSPS) is 10.1. The first-order valence-corrected chi connectivity index (χ1v) is 5.34. The Balaban J connectivity index is 2.78. The van der Waals surface area contributed by atoms with Crippen molar-refractivity contribution in [3.8, 4) is 11.5 Å². The second-order valence-corrected chi connectivity index (χ2v) is 3.66. The third kappa shape index (κ3) is 2.27. The van der Waals surface area contributed by atoms with Gasteiger partial charge in [0.05, 0.1) is 0 Å². The van der Waals surface area contributed by atoms with Crippen LogP contribution in [-0.2, 0) is 6.42 Å². The van der Waals surface area contributed by atoms with Gasteiger partial charge in [-0.1, -0.05) is 34.7 Å². The molecule has 1 aromatic carbocycles. The maximum atomic E-state index is 9.37. The summed E-state index contributed by atoms with van der Waals surface area (Å²) in [6, 6.07) is 5.07. The van der Waals surface area contributed by atoms with Gasteiger partial charge in [-0.3, -0.25) is 0 Å². The zero-order valence-electron chi connectivity index (χ0n) is 6.63. The van der Waals surface area contributed by atoms with Crippen molar-refractivity contribution in [3.63, 3.8) is 0 Å². The Morgan fingerprint density at radius 2 is 2.00 bits per heavy atom. The lowest BCUT2D eigenvalue weighted by atomic mass is 10.1. The molecule has 66 valence electrons. The molecule has 0 aliphatic carbocycles. The highest BCUT2D eigenvalue weighted by atomic mass is 127. The molecule has 0 saturated heterocycles. The molecule has 1 aromatic rings. The predicted molar refractivity (Wildman–Crippen MR) is 57.0 cm³/mol. The average molecular weight is 278 g/mol. The van der Waals surface area contributed by atoms with Crippen molar-refractivity contribution in [2.24, 2.45) is 0 Å². The largest absolute Gasteiger partial charge is 0.504 e. The molecule has 0 unspecified atom stereocenters. The highest BCUT2D eigenvalue weighted by molar-refractivity contribution is 14.1. The number of alkyl halides is 1. The Hall–Kier alpha value is -0.450. The molecule has 2 N–H and O–H groups in total. The Morgan fingerprint density at radius 3 is 2.67 bits per heavy atom. The van der Waals surface area contributed by atoms with Crippen LogP contribution < -0.4 is 0 Å². The number of hydrogen-bond donors (Lipinski definition) is 2. The lowest BCUT2D eigenvalue weighted by Crippen LogP contribution is -1.86. The SMILES string of the molecule is Oc1cccc(CCCI)c1O.